The first-order valence-electron chi connectivity index (χ1n) is 43.1. The molecule has 0 aromatic carbocycles. The van der Waals surface area contributed by atoms with E-state index in [1.54, 1.807) is 0 Å². The summed E-state index contributed by atoms with van der Waals surface area (Å²) in [6, 6.07) is 0. The van der Waals surface area contributed by atoms with Crippen molar-refractivity contribution in [2.45, 2.75) is 464 Å². The zero-order valence-corrected chi connectivity index (χ0v) is 68.5. The maximum absolute atomic E-state index is 13.1. The molecule has 0 radical (unpaired) electrons. The lowest BCUT2D eigenvalue weighted by Crippen LogP contribution is -2.30. The molecule has 0 saturated carbocycles. The molecule has 17 nitrogen and oxygen atoms in total. The number of esters is 4. The molecule has 0 aromatic heterocycles. The van der Waals surface area contributed by atoms with Gasteiger partial charge >= 0.3 is 39.5 Å². The van der Waals surface area contributed by atoms with Gasteiger partial charge in [-0.05, 0) is 31.6 Å². The number of hydrogen-bond donors (Lipinski definition) is 3. The second kappa shape index (κ2) is 75.9. The number of unbranched alkanes of at least 4 members (excludes halogenated alkanes) is 55. The number of phosphoric ester groups is 2. The Balaban J connectivity index is 5.24. The van der Waals surface area contributed by atoms with Crippen molar-refractivity contribution in [3.8, 4) is 0 Å². The molecule has 0 saturated heterocycles. The topological polar surface area (TPSA) is 237 Å². The Kier molecular flexibility index (Phi) is 74.4. The number of carbonyl (C=O) groups is 4. The molecule has 3 N–H and O–H groups in total. The summed E-state index contributed by atoms with van der Waals surface area (Å²) < 4.78 is 68.8. The minimum atomic E-state index is -4.96. The van der Waals surface area contributed by atoms with Gasteiger partial charge in [0.15, 0.2) is 12.2 Å². The second-order valence-corrected chi connectivity index (χ2v) is 33.3. The van der Waals surface area contributed by atoms with E-state index in [-0.39, 0.29) is 25.7 Å². The summed E-state index contributed by atoms with van der Waals surface area (Å²) in [6.07, 6.45) is 67.9. The molecule has 0 aliphatic carbocycles. The number of carbonyl (C=O) groups excluding carboxylic acids is 4. The van der Waals surface area contributed by atoms with Gasteiger partial charge in [0.2, 0.25) is 0 Å². The molecule has 0 aliphatic rings. The van der Waals surface area contributed by atoms with E-state index < -0.39 is 97.5 Å². The summed E-state index contributed by atoms with van der Waals surface area (Å²) in [6.45, 7) is 7.36. The van der Waals surface area contributed by atoms with Gasteiger partial charge in [-0.25, -0.2) is 9.13 Å². The Morgan fingerprint density at radius 1 is 0.265 bits per heavy atom. The summed E-state index contributed by atoms with van der Waals surface area (Å²) in [7, 11) is -9.92. The molecule has 19 heteroatoms. The van der Waals surface area contributed by atoms with Crippen LogP contribution in [0.3, 0.4) is 0 Å². The van der Waals surface area contributed by atoms with Gasteiger partial charge in [0, 0.05) is 25.7 Å². The largest absolute Gasteiger partial charge is 0.472 e. The molecule has 5 atom stereocenters. The summed E-state index contributed by atoms with van der Waals surface area (Å²) >= 11 is 0. The lowest BCUT2D eigenvalue weighted by Gasteiger charge is -2.21. The van der Waals surface area contributed by atoms with Crippen molar-refractivity contribution < 1.29 is 80.2 Å². The van der Waals surface area contributed by atoms with Crippen LogP contribution in [-0.2, 0) is 65.4 Å². The highest BCUT2D eigenvalue weighted by Gasteiger charge is 2.30. The van der Waals surface area contributed by atoms with E-state index in [1.165, 1.54) is 270 Å². The first-order valence-corrected chi connectivity index (χ1v) is 46.1. The fourth-order valence-corrected chi connectivity index (χ4v) is 14.5. The predicted molar refractivity (Wildman–Crippen MR) is 418 cm³/mol. The first kappa shape index (κ1) is 100. The second-order valence-electron chi connectivity index (χ2n) is 30.3. The van der Waals surface area contributed by atoms with Crippen molar-refractivity contribution >= 4 is 39.5 Å². The fraction of sp³-hybridized carbons (Fsp3) is 0.952. The molecular formula is C83H162O17P2. The quantitative estimate of drug-likeness (QED) is 0.0222. The smallest absolute Gasteiger partial charge is 0.462 e. The van der Waals surface area contributed by atoms with Gasteiger partial charge in [0.05, 0.1) is 26.4 Å². The van der Waals surface area contributed by atoms with Gasteiger partial charge < -0.3 is 33.8 Å². The highest BCUT2D eigenvalue weighted by molar-refractivity contribution is 7.47. The summed E-state index contributed by atoms with van der Waals surface area (Å²) in [5.41, 5.74) is 0. The maximum atomic E-state index is 13.1. The van der Waals surface area contributed by atoms with E-state index in [2.05, 4.69) is 34.6 Å². The minimum absolute atomic E-state index is 0.108. The van der Waals surface area contributed by atoms with Crippen LogP contribution in [0.15, 0.2) is 0 Å². The van der Waals surface area contributed by atoms with Crippen molar-refractivity contribution in [3.05, 3.63) is 0 Å². The van der Waals surface area contributed by atoms with Crippen molar-refractivity contribution in [1.82, 2.24) is 0 Å². The molecule has 606 valence electrons. The van der Waals surface area contributed by atoms with Crippen LogP contribution >= 0.6 is 15.6 Å². The van der Waals surface area contributed by atoms with Crippen molar-refractivity contribution in [3.63, 3.8) is 0 Å². The number of phosphoric acid groups is 2. The van der Waals surface area contributed by atoms with Gasteiger partial charge in [-0.15, -0.1) is 0 Å². The van der Waals surface area contributed by atoms with E-state index in [0.29, 0.717) is 25.7 Å². The highest BCUT2D eigenvalue weighted by Crippen LogP contribution is 2.45. The predicted octanol–water partition coefficient (Wildman–Crippen LogP) is 25.2. The summed E-state index contributed by atoms with van der Waals surface area (Å²) in [5, 5.41) is 10.7. The van der Waals surface area contributed by atoms with Gasteiger partial charge in [-0.3, -0.25) is 37.3 Å². The molecule has 0 fully saturated rings. The Morgan fingerprint density at radius 3 is 0.667 bits per heavy atom. The molecule has 0 aromatic rings. The van der Waals surface area contributed by atoms with Gasteiger partial charge in [-0.2, -0.15) is 0 Å². The third-order valence-electron chi connectivity index (χ3n) is 19.5. The molecule has 102 heavy (non-hydrogen) atoms. The van der Waals surface area contributed by atoms with E-state index in [0.717, 1.165) is 95.8 Å². The summed E-state index contributed by atoms with van der Waals surface area (Å²) in [4.78, 5) is 73.1. The van der Waals surface area contributed by atoms with Crippen molar-refractivity contribution in [1.29, 1.82) is 0 Å². The Labute approximate surface area is 626 Å². The Bertz CT molecular complexity index is 1940. The number of aliphatic hydroxyl groups excluding tert-OH is 1. The van der Waals surface area contributed by atoms with Gasteiger partial charge in [0.25, 0.3) is 0 Å². The minimum Gasteiger partial charge on any atom is -0.462 e. The van der Waals surface area contributed by atoms with E-state index in [9.17, 15) is 43.2 Å². The van der Waals surface area contributed by atoms with Crippen LogP contribution in [0.25, 0.3) is 0 Å². The standard InChI is InChI=1S/C83H162O17P2/c1-6-9-12-15-18-21-24-26-28-30-32-34-36-42-47-52-57-62-67-81(86)94-73-79(99-82(87)68-63-58-53-48-43-37-35-33-31-29-27-25-22-19-16-13-10-7-2)75-98-102(91,92)96-71-77(84)70-95-101(89,90)97-74-78(72-93-80(85)66-61-56-51-46-40-23-20-17-14-11-8-3)100-83(88)69-64-59-54-49-44-39-38-41-45-50-55-60-65-76(4)5/h76-79,84H,6-75H2,1-5H3,(H,89,90)(H,91,92)/t77-,78+,79+/m0/s1. The van der Waals surface area contributed by atoms with Crippen molar-refractivity contribution in [2.24, 2.45) is 5.92 Å². The van der Waals surface area contributed by atoms with E-state index in [4.69, 9.17) is 37.0 Å². The third-order valence-corrected chi connectivity index (χ3v) is 21.4. The van der Waals surface area contributed by atoms with E-state index >= 15 is 0 Å². The molecule has 0 heterocycles. The molecule has 0 aliphatic heterocycles. The first-order chi connectivity index (χ1) is 49.5. The van der Waals surface area contributed by atoms with Crippen LogP contribution in [0.5, 0.6) is 0 Å². The summed E-state index contributed by atoms with van der Waals surface area (Å²) in [5.74, 6) is -1.33. The van der Waals surface area contributed by atoms with Crippen molar-refractivity contribution in [2.75, 3.05) is 39.6 Å². The molecule has 0 rings (SSSR count). The maximum Gasteiger partial charge on any atom is 0.472 e. The van der Waals surface area contributed by atoms with Gasteiger partial charge in [0.1, 0.15) is 19.3 Å². The zero-order valence-electron chi connectivity index (χ0n) is 66.8. The molecule has 0 amide bonds. The average Bonchev–Trinajstić information content (AvgIpc) is 0.910. The normalized spacial score (nSPS) is 13.8. The zero-order chi connectivity index (χ0) is 74.8. The monoisotopic (exact) mass is 1490 g/mol. The van der Waals surface area contributed by atoms with E-state index in [1.807, 2.05) is 0 Å². The highest BCUT2D eigenvalue weighted by atomic mass is 31.2. The van der Waals surface area contributed by atoms with Crippen LogP contribution in [0.4, 0.5) is 0 Å². The molecular weight excluding hydrogens is 1330 g/mol. The SMILES string of the molecule is CCCCCCCCCCCCCCCCCCCCC(=O)OC[C@H](COP(=O)(O)OC[C@@H](O)COP(=O)(O)OC[C@@H](COC(=O)CCCCCCCCCCCCC)OC(=O)CCCCCCCCCCCCCCC(C)C)OC(=O)CCCCCCCCCCCCCCCCCCCC. The lowest BCUT2D eigenvalue weighted by molar-refractivity contribution is -0.161. The fourth-order valence-electron chi connectivity index (χ4n) is 12.9. The van der Waals surface area contributed by atoms with Crippen LogP contribution < -0.4 is 0 Å². The van der Waals surface area contributed by atoms with Gasteiger partial charge in [-0.1, -0.05) is 394 Å². The number of aliphatic hydroxyl groups is 1. The lowest BCUT2D eigenvalue weighted by atomic mass is 10.0. The number of hydrogen-bond acceptors (Lipinski definition) is 15. The molecule has 2 unspecified atom stereocenters. The van der Waals surface area contributed by atoms with Crippen LogP contribution in [0.2, 0.25) is 0 Å². The Morgan fingerprint density at radius 2 is 0.451 bits per heavy atom. The number of ether oxygens (including phenoxy) is 4. The molecule has 0 spiro atoms. The van der Waals surface area contributed by atoms with Crippen LogP contribution in [0, 0.1) is 5.92 Å². The Hall–Kier alpha value is -1.94. The average molecular weight is 1490 g/mol. The number of rotatable bonds is 83. The third kappa shape index (κ3) is 76.3. The van der Waals surface area contributed by atoms with Crippen LogP contribution in [0.1, 0.15) is 446 Å². The molecule has 0 bridgehead atoms. The van der Waals surface area contributed by atoms with Crippen LogP contribution in [-0.4, -0.2) is 96.7 Å².